The van der Waals surface area contributed by atoms with E-state index in [4.69, 9.17) is 0 Å². The number of hydrogen-bond donors (Lipinski definition) is 2. The number of thioether (sulfide) groups is 1. The lowest BCUT2D eigenvalue weighted by Gasteiger charge is -2.11. The van der Waals surface area contributed by atoms with E-state index in [2.05, 4.69) is 15.5 Å². The first-order chi connectivity index (χ1) is 15.5. The molecule has 1 aromatic heterocycles. The Hall–Kier alpha value is -3.72. The lowest BCUT2D eigenvalue weighted by molar-refractivity contribution is -0.113. The van der Waals surface area contributed by atoms with Crippen LogP contribution in [0.15, 0.2) is 84.0 Å². The summed E-state index contributed by atoms with van der Waals surface area (Å²) in [5.41, 5.74) is 1.62. The molecule has 162 valence electrons. The number of aromatic nitrogens is 3. The quantitative estimate of drug-likeness (QED) is 0.372. The summed E-state index contributed by atoms with van der Waals surface area (Å²) in [5.74, 6) is 0.229. The van der Waals surface area contributed by atoms with Crippen molar-refractivity contribution in [2.24, 2.45) is 0 Å². The number of phenolic OH excluding ortho intramolecular Hbond substituents is 1. The summed E-state index contributed by atoms with van der Waals surface area (Å²) in [6.07, 6.45) is -2.56. The van der Waals surface area contributed by atoms with E-state index >= 15 is 0 Å². The number of benzene rings is 3. The number of anilines is 1. The topological polar surface area (TPSA) is 80.0 Å². The Morgan fingerprint density at radius 1 is 0.969 bits per heavy atom. The maximum Gasteiger partial charge on any atom is 0.263 e. The fourth-order valence-corrected chi connectivity index (χ4v) is 3.80. The predicted octanol–water partition coefficient (Wildman–Crippen LogP) is 5.31. The molecule has 0 aliphatic carbocycles. The van der Waals surface area contributed by atoms with Gasteiger partial charge in [0.1, 0.15) is 5.75 Å². The zero-order valence-corrected chi connectivity index (χ0v) is 17.5. The minimum atomic E-state index is -2.56. The van der Waals surface area contributed by atoms with Gasteiger partial charge in [0, 0.05) is 16.9 Å². The van der Waals surface area contributed by atoms with Gasteiger partial charge in [-0.05, 0) is 36.4 Å². The standard InChI is InChI=1S/C23H18F2N4O2S/c24-21(25)15-10-12-16(13-11-15)26-20(31)14-32-23-28-27-22(18-8-4-5-9-19(18)30)29(23)17-6-2-1-3-7-17/h1-13,21,30H,14H2,(H,26,31). The third kappa shape index (κ3) is 4.78. The molecule has 1 heterocycles. The number of carbonyl (C=O) groups excluding carboxylic acids is 1. The molecule has 0 saturated heterocycles. The van der Waals surface area contributed by atoms with Crippen LogP contribution in [0.4, 0.5) is 14.5 Å². The second-order valence-corrected chi connectivity index (χ2v) is 7.70. The second kappa shape index (κ2) is 9.61. The zero-order chi connectivity index (χ0) is 22.5. The number of rotatable bonds is 7. The highest BCUT2D eigenvalue weighted by molar-refractivity contribution is 7.99. The van der Waals surface area contributed by atoms with Crippen molar-refractivity contribution >= 4 is 23.4 Å². The van der Waals surface area contributed by atoms with E-state index in [0.717, 1.165) is 5.69 Å². The minimum Gasteiger partial charge on any atom is -0.507 e. The summed E-state index contributed by atoms with van der Waals surface area (Å²) >= 11 is 1.17. The molecule has 0 saturated carbocycles. The van der Waals surface area contributed by atoms with Crippen molar-refractivity contribution in [1.82, 2.24) is 14.8 Å². The van der Waals surface area contributed by atoms with Crippen LogP contribution in [0.25, 0.3) is 17.1 Å². The molecule has 0 aliphatic heterocycles. The molecular formula is C23H18F2N4O2S. The first kappa shape index (κ1) is 21.5. The van der Waals surface area contributed by atoms with E-state index in [0.29, 0.717) is 22.2 Å². The van der Waals surface area contributed by atoms with Crippen molar-refractivity contribution in [2.45, 2.75) is 11.6 Å². The summed E-state index contributed by atoms with van der Waals surface area (Å²) in [6.45, 7) is 0. The van der Waals surface area contributed by atoms with E-state index in [-0.39, 0.29) is 23.0 Å². The summed E-state index contributed by atoms with van der Waals surface area (Å²) in [5, 5.41) is 21.9. The molecule has 0 fully saturated rings. The molecule has 0 aliphatic rings. The van der Waals surface area contributed by atoms with Gasteiger partial charge in [0.15, 0.2) is 11.0 Å². The summed E-state index contributed by atoms with van der Waals surface area (Å²) < 4.78 is 27.1. The van der Waals surface area contributed by atoms with E-state index in [9.17, 15) is 18.7 Å². The Labute approximate surface area is 186 Å². The second-order valence-electron chi connectivity index (χ2n) is 6.75. The molecule has 2 N–H and O–H groups in total. The predicted molar refractivity (Wildman–Crippen MR) is 119 cm³/mol. The molecule has 32 heavy (non-hydrogen) atoms. The Morgan fingerprint density at radius 2 is 1.66 bits per heavy atom. The Balaban J connectivity index is 1.55. The molecule has 9 heteroatoms. The van der Waals surface area contributed by atoms with Crippen LogP contribution >= 0.6 is 11.8 Å². The minimum absolute atomic E-state index is 0.0301. The first-order valence-corrected chi connectivity index (χ1v) is 10.6. The fraction of sp³-hybridized carbons (Fsp3) is 0.0870. The van der Waals surface area contributed by atoms with Crippen LogP contribution in [-0.4, -0.2) is 31.5 Å². The van der Waals surface area contributed by atoms with Crippen LogP contribution in [0.5, 0.6) is 5.75 Å². The Bertz CT molecular complexity index is 1210. The molecule has 1 amide bonds. The molecule has 0 unspecified atom stereocenters. The third-order valence-corrected chi connectivity index (χ3v) is 5.50. The van der Waals surface area contributed by atoms with E-state index in [1.165, 1.54) is 36.0 Å². The Morgan fingerprint density at radius 3 is 2.34 bits per heavy atom. The maximum absolute atomic E-state index is 12.7. The van der Waals surface area contributed by atoms with E-state index in [1.807, 2.05) is 30.3 Å². The number of alkyl halides is 2. The number of phenols is 1. The Kier molecular flexibility index (Phi) is 6.46. The highest BCUT2D eigenvalue weighted by Gasteiger charge is 2.19. The monoisotopic (exact) mass is 452 g/mol. The molecule has 0 bridgehead atoms. The lowest BCUT2D eigenvalue weighted by atomic mass is 10.2. The number of halogens is 2. The van der Waals surface area contributed by atoms with Crippen molar-refractivity contribution in [1.29, 1.82) is 0 Å². The average Bonchev–Trinajstić information content (AvgIpc) is 3.22. The maximum atomic E-state index is 12.7. The summed E-state index contributed by atoms with van der Waals surface area (Å²) in [6, 6.07) is 21.6. The third-order valence-electron chi connectivity index (χ3n) is 4.57. The molecule has 4 rings (SSSR count). The smallest absolute Gasteiger partial charge is 0.263 e. The van der Waals surface area contributed by atoms with Gasteiger partial charge in [0.2, 0.25) is 5.91 Å². The van der Waals surface area contributed by atoms with Crippen molar-refractivity contribution in [3.63, 3.8) is 0 Å². The number of para-hydroxylation sites is 2. The lowest BCUT2D eigenvalue weighted by Crippen LogP contribution is -2.14. The van der Waals surface area contributed by atoms with Gasteiger partial charge >= 0.3 is 0 Å². The van der Waals surface area contributed by atoms with Crippen molar-refractivity contribution in [3.8, 4) is 22.8 Å². The van der Waals surface area contributed by atoms with Crippen LogP contribution in [0.3, 0.4) is 0 Å². The van der Waals surface area contributed by atoms with Crippen LogP contribution in [0, 0.1) is 0 Å². The van der Waals surface area contributed by atoms with E-state index < -0.39 is 6.43 Å². The van der Waals surface area contributed by atoms with Gasteiger partial charge in [-0.3, -0.25) is 9.36 Å². The van der Waals surface area contributed by atoms with Crippen molar-refractivity contribution < 1.29 is 18.7 Å². The van der Waals surface area contributed by atoms with Gasteiger partial charge in [-0.15, -0.1) is 10.2 Å². The van der Waals surface area contributed by atoms with Crippen LogP contribution < -0.4 is 5.32 Å². The number of nitrogens with zero attached hydrogens (tertiary/aromatic N) is 3. The van der Waals surface area contributed by atoms with Gasteiger partial charge in [0.05, 0.1) is 11.3 Å². The molecular weight excluding hydrogens is 434 g/mol. The number of amides is 1. The van der Waals surface area contributed by atoms with Crippen molar-refractivity contribution in [3.05, 3.63) is 84.4 Å². The number of nitrogens with one attached hydrogen (secondary N) is 1. The van der Waals surface area contributed by atoms with Gasteiger partial charge < -0.3 is 10.4 Å². The zero-order valence-electron chi connectivity index (χ0n) is 16.7. The SMILES string of the molecule is O=C(CSc1nnc(-c2ccccc2O)n1-c1ccccc1)Nc1ccc(C(F)F)cc1. The largest absolute Gasteiger partial charge is 0.507 e. The molecule has 3 aromatic carbocycles. The first-order valence-electron chi connectivity index (χ1n) is 9.63. The molecule has 0 atom stereocenters. The highest BCUT2D eigenvalue weighted by Crippen LogP contribution is 2.32. The van der Waals surface area contributed by atoms with Crippen molar-refractivity contribution in [2.75, 3.05) is 11.1 Å². The average molecular weight is 452 g/mol. The summed E-state index contributed by atoms with van der Waals surface area (Å²) in [7, 11) is 0. The molecule has 6 nitrogen and oxygen atoms in total. The number of carbonyl (C=O) groups is 1. The molecule has 4 aromatic rings. The number of aromatic hydroxyl groups is 1. The van der Waals surface area contributed by atoms with Crippen LogP contribution in [0.1, 0.15) is 12.0 Å². The normalized spacial score (nSPS) is 11.0. The van der Waals surface area contributed by atoms with Gasteiger partial charge in [0.25, 0.3) is 6.43 Å². The van der Waals surface area contributed by atoms with Crippen LogP contribution in [0.2, 0.25) is 0 Å². The fourth-order valence-electron chi connectivity index (χ4n) is 3.05. The summed E-state index contributed by atoms with van der Waals surface area (Å²) in [4.78, 5) is 12.4. The van der Waals surface area contributed by atoms with Gasteiger partial charge in [-0.25, -0.2) is 8.78 Å². The van der Waals surface area contributed by atoms with Gasteiger partial charge in [-0.1, -0.05) is 54.2 Å². The van der Waals surface area contributed by atoms with Crippen LogP contribution in [-0.2, 0) is 4.79 Å². The molecule has 0 radical (unpaired) electrons. The highest BCUT2D eigenvalue weighted by atomic mass is 32.2. The number of hydrogen-bond acceptors (Lipinski definition) is 5. The molecule has 0 spiro atoms. The van der Waals surface area contributed by atoms with E-state index in [1.54, 1.807) is 28.8 Å². The van der Waals surface area contributed by atoms with Gasteiger partial charge in [-0.2, -0.15) is 0 Å².